The van der Waals surface area contributed by atoms with E-state index in [1.807, 2.05) is 18.2 Å². The van der Waals surface area contributed by atoms with Crippen molar-refractivity contribution in [1.82, 2.24) is 4.90 Å². The summed E-state index contributed by atoms with van der Waals surface area (Å²) in [6.07, 6.45) is 1.07. The van der Waals surface area contributed by atoms with Crippen LogP contribution in [0, 0.1) is 0 Å². The van der Waals surface area contributed by atoms with Gasteiger partial charge in [0.1, 0.15) is 6.04 Å². The minimum Gasteiger partial charge on any atom is -0.395 e. The molecule has 2 aliphatic rings. The first-order valence-electron chi connectivity index (χ1n) is 7.47. The predicted octanol–water partition coefficient (Wildman–Crippen LogP) is 0.143. The van der Waals surface area contributed by atoms with E-state index >= 15 is 0 Å². The maximum absolute atomic E-state index is 11.6. The SMILES string of the molecule is NC1C(=O)Nc2cc(N3CCCN(CCO)CC3)ccc21. The summed E-state index contributed by atoms with van der Waals surface area (Å²) in [4.78, 5) is 16.2. The zero-order valence-corrected chi connectivity index (χ0v) is 12.1. The van der Waals surface area contributed by atoms with Crippen LogP contribution in [0.15, 0.2) is 18.2 Å². The molecule has 6 heteroatoms. The summed E-state index contributed by atoms with van der Waals surface area (Å²) < 4.78 is 0. The molecule has 1 unspecified atom stereocenters. The van der Waals surface area contributed by atoms with Gasteiger partial charge in [-0.25, -0.2) is 0 Å². The smallest absolute Gasteiger partial charge is 0.245 e. The molecule has 114 valence electrons. The summed E-state index contributed by atoms with van der Waals surface area (Å²) >= 11 is 0. The molecule has 2 aliphatic heterocycles. The Morgan fingerprint density at radius 3 is 2.95 bits per heavy atom. The van der Waals surface area contributed by atoms with Gasteiger partial charge in [-0.2, -0.15) is 0 Å². The fraction of sp³-hybridized carbons (Fsp3) is 0.533. The summed E-state index contributed by atoms with van der Waals surface area (Å²) in [5.74, 6) is -0.132. The van der Waals surface area contributed by atoms with Crippen LogP contribution in [0.1, 0.15) is 18.0 Å². The highest BCUT2D eigenvalue weighted by molar-refractivity contribution is 6.02. The molecule has 1 aromatic rings. The van der Waals surface area contributed by atoms with E-state index in [1.54, 1.807) is 0 Å². The number of aliphatic hydroxyl groups excluding tert-OH is 1. The normalized spacial score (nSPS) is 22.9. The Balaban J connectivity index is 1.73. The number of aliphatic hydroxyl groups is 1. The Bertz CT molecular complexity index is 534. The summed E-state index contributed by atoms with van der Waals surface area (Å²) in [7, 11) is 0. The molecule has 1 aromatic carbocycles. The van der Waals surface area contributed by atoms with Crippen LogP contribution in [0.25, 0.3) is 0 Å². The number of amides is 1. The number of carbonyl (C=O) groups excluding carboxylic acids is 1. The molecule has 0 aromatic heterocycles. The summed E-state index contributed by atoms with van der Waals surface area (Å²) in [5.41, 5.74) is 8.67. The zero-order chi connectivity index (χ0) is 14.8. The van der Waals surface area contributed by atoms with E-state index in [2.05, 4.69) is 15.1 Å². The van der Waals surface area contributed by atoms with Gasteiger partial charge in [0.25, 0.3) is 0 Å². The molecule has 21 heavy (non-hydrogen) atoms. The lowest BCUT2D eigenvalue weighted by Crippen LogP contribution is -2.32. The third-order valence-corrected chi connectivity index (χ3v) is 4.28. The number of hydrogen-bond acceptors (Lipinski definition) is 5. The number of nitrogens with zero attached hydrogens (tertiary/aromatic N) is 2. The van der Waals surface area contributed by atoms with Crippen molar-refractivity contribution < 1.29 is 9.90 Å². The van der Waals surface area contributed by atoms with Crippen LogP contribution in [0.3, 0.4) is 0 Å². The standard InChI is InChI=1S/C15H22N4O2/c16-14-12-3-2-11(10-13(12)17-15(14)21)19-5-1-4-18(6-7-19)8-9-20/h2-3,10,14,20H,1,4-9,16H2,(H,17,21). The highest BCUT2D eigenvalue weighted by atomic mass is 16.3. The maximum atomic E-state index is 11.6. The van der Waals surface area contributed by atoms with Gasteiger partial charge >= 0.3 is 0 Å². The van der Waals surface area contributed by atoms with Crippen LogP contribution < -0.4 is 16.0 Å². The molecule has 1 atom stereocenters. The second kappa shape index (κ2) is 6.01. The number of carbonyl (C=O) groups is 1. The molecule has 0 bridgehead atoms. The van der Waals surface area contributed by atoms with Crippen LogP contribution in [0.2, 0.25) is 0 Å². The van der Waals surface area contributed by atoms with E-state index < -0.39 is 6.04 Å². The average molecular weight is 290 g/mol. The van der Waals surface area contributed by atoms with Crippen molar-refractivity contribution in [2.24, 2.45) is 5.73 Å². The first kappa shape index (κ1) is 14.3. The maximum Gasteiger partial charge on any atom is 0.245 e. The summed E-state index contributed by atoms with van der Waals surface area (Å²) in [6, 6.07) is 5.46. The van der Waals surface area contributed by atoms with Crippen molar-refractivity contribution in [2.45, 2.75) is 12.5 Å². The number of benzene rings is 1. The molecule has 0 spiro atoms. The molecule has 0 aliphatic carbocycles. The fourth-order valence-corrected chi connectivity index (χ4v) is 3.07. The van der Waals surface area contributed by atoms with Crippen molar-refractivity contribution in [1.29, 1.82) is 0 Å². The van der Waals surface area contributed by atoms with Gasteiger partial charge in [0, 0.05) is 43.1 Å². The minimum atomic E-state index is -0.543. The van der Waals surface area contributed by atoms with Crippen molar-refractivity contribution in [3.8, 4) is 0 Å². The molecule has 2 heterocycles. The Hall–Kier alpha value is -1.63. The van der Waals surface area contributed by atoms with Gasteiger partial charge in [0.2, 0.25) is 5.91 Å². The van der Waals surface area contributed by atoms with Crippen molar-refractivity contribution in [2.75, 3.05) is 49.5 Å². The Morgan fingerprint density at radius 2 is 2.14 bits per heavy atom. The molecule has 1 fully saturated rings. The molecule has 6 nitrogen and oxygen atoms in total. The minimum absolute atomic E-state index is 0.132. The molecule has 1 saturated heterocycles. The molecular weight excluding hydrogens is 268 g/mol. The summed E-state index contributed by atoms with van der Waals surface area (Å²) in [6.45, 7) is 4.83. The fourth-order valence-electron chi connectivity index (χ4n) is 3.07. The topological polar surface area (TPSA) is 81.8 Å². The molecule has 0 radical (unpaired) electrons. The van der Waals surface area contributed by atoms with E-state index in [0.29, 0.717) is 0 Å². The van der Waals surface area contributed by atoms with Crippen LogP contribution in [0.5, 0.6) is 0 Å². The van der Waals surface area contributed by atoms with Crippen LogP contribution >= 0.6 is 0 Å². The number of nitrogens with one attached hydrogen (secondary N) is 1. The van der Waals surface area contributed by atoms with Crippen molar-refractivity contribution >= 4 is 17.3 Å². The number of β-amino-alcohol motifs (C(OH)–C–C–N with tert-alkyl or cyclic N) is 1. The van der Waals surface area contributed by atoms with Crippen LogP contribution in [0.4, 0.5) is 11.4 Å². The van der Waals surface area contributed by atoms with E-state index in [0.717, 1.165) is 56.1 Å². The Labute approximate surface area is 124 Å². The van der Waals surface area contributed by atoms with Gasteiger partial charge in [-0.05, 0) is 25.1 Å². The number of fused-ring (bicyclic) bond motifs is 1. The van der Waals surface area contributed by atoms with Crippen molar-refractivity contribution in [3.05, 3.63) is 23.8 Å². The monoisotopic (exact) mass is 290 g/mol. The lowest BCUT2D eigenvalue weighted by Gasteiger charge is -2.24. The van der Waals surface area contributed by atoms with E-state index in [-0.39, 0.29) is 12.5 Å². The second-order valence-corrected chi connectivity index (χ2v) is 5.64. The number of anilines is 2. The third kappa shape index (κ3) is 2.88. The lowest BCUT2D eigenvalue weighted by atomic mass is 10.1. The molecule has 1 amide bonds. The highest BCUT2D eigenvalue weighted by Crippen LogP contribution is 2.33. The van der Waals surface area contributed by atoms with Crippen LogP contribution in [-0.4, -0.2) is 55.2 Å². The zero-order valence-electron chi connectivity index (χ0n) is 12.1. The van der Waals surface area contributed by atoms with E-state index in [9.17, 15) is 4.79 Å². The predicted molar refractivity (Wildman–Crippen MR) is 82.4 cm³/mol. The van der Waals surface area contributed by atoms with E-state index in [4.69, 9.17) is 10.8 Å². The Kier molecular flexibility index (Phi) is 4.10. The quantitative estimate of drug-likeness (QED) is 0.738. The second-order valence-electron chi connectivity index (χ2n) is 5.64. The average Bonchev–Trinajstić information content (AvgIpc) is 2.67. The van der Waals surface area contributed by atoms with Gasteiger partial charge in [-0.1, -0.05) is 6.07 Å². The largest absolute Gasteiger partial charge is 0.395 e. The lowest BCUT2D eigenvalue weighted by molar-refractivity contribution is -0.116. The van der Waals surface area contributed by atoms with Crippen molar-refractivity contribution in [3.63, 3.8) is 0 Å². The number of rotatable bonds is 3. The molecule has 3 rings (SSSR count). The number of nitrogens with two attached hydrogens (primary N) is 1. The first-order valence-corrected chi connectivity index (χ1v) is 7.47. The number of hydrogen-bond donors (Lipinski definition) is 3. The van der Waals surface area contributed by atoms with Gasteiger partial charge in [-0.15, -0.1) is 0 Å². The Morgan fingerprint density at radius 1 is 1.29 bits per heavy atom. The van der Waals surface area contributed by atoms with Gasteiger partial charge in [-0.3, -0.25) is 9.69 Å². The van der Waals surface area contributed by atoms with Crippen LogP contribution in [-0.2, 0) is 4.79 Å². The molecule has 0 saturated carbocycles. The van der Waals surface area contributed by atoms with E-state index in [1.165, 1.54) is 0 Å². The molecular formula is C15H22N4O2. The van der Waals surface area contributed by atoms with Gasteiger partial charge in [0.15, 0.2) is 0 Å². The molecule has 4 N–H and O–H groups in total. The summed E-state index contributed by atoms with van der Waals surface area (Å²) in [5, 5.41) is 11.9. The third-order valence-electron chi connectivity index (χ3n) is 4.28. The first-order chi connectivity index (χ1) is 10.2. The van der Waals surface area contributed by atoms with Gasteiger partial charge in [0.05, 0.1) is 6.61 Å². The highest BCUT2D eigenvalue weighted by Gasteiger charge is 2.27. The van der Waals surface area contributed by atoms with Gasteiger partial charge < -0.3 is 21.1 Å².